The SMILES string of the molecule is CN(Cc1ccccc1)C[C@H]1C[C@@H](c2ccc(CO)cc2)O[C@@H](c2ccc(CNC(=O)c3cccnc3)cc2)O1. The number of hydrogen-bond acceptors (Lipinski definition) is 6. The quantitative estimate of drug-likeness (QED) is 0.290. The molecule has 0 aliphatic carbocycles. The number of aliphatic hydroxyl groups excluding tert-OH is 1. The van der Waals surface area contributed by atoms with Gasteiger partial charge in [0.1, 0.15) is 0 Å². The number of nitrogens with one attached hydrogen (secondary N) is 1. The second kappa shape index (κ2) is 13.5. The van der Waals surface area contributed by atoms with Crippen molar-refractivity contribution in [3.05, 3.63) is 137 Å². The van der Waals surface area contributed by atoms with E-state index in [-0.39, 0.29) is 24.7 Å². The van der Waals surface area contributed by atoms with Crippen LogP contribution in [-0.2, 0) is 29.2 Å². The van der Waals surface area contributed by atoms with E-state index in [1.165, 1.54) is 5.56 Å². The van der Waals surface area contributed by atoms with Crippen molar-refractivity contribution in [1.82, 2.24) is 15.2 Å². The van der Waals surface area contributed by atoms with E-state index in [1.54, 1.807) is 24.5 Å². The maximum Gasteiger partial charge on any atom is 0.253 e. The maximum atomic E-state index is 12.4. The van der Waals surface area contributed by atoms with Crippen molar-refractivity contribution in [2.45, 2.75) is 44.6 Å². The number of aromatic nitrogens is 1. The Morgan fingerprint density at radius 1 is 0.900 bits per heavy atom. The van der Waals surface area contributed by atoms with Crippen molar-refractivity contribution >= 4 is 5.91 Å². The Labute approximate surface area is 235 Å². The zero-order valence-electron chi connectivity index (χ0n) is 22.6. The molecule has 0 spiro atoms. The van der Waals surface area contributed by atoms with Gasteiger partial charge in [-0.1, -0.05) is 78.9 Å². The molecule has 7 nitrogen and oxygen atoms in total. The van der Waals surface area contributed by atoms with Gasteiger partial charge >= 0.3 is 0 Å². The second-order valence-corrected chi connectivity index (χ2v) is 10.2. The molecule has 2 heterocycles. The van der Waals surface area contributed by atoms with E-state index in [2.05, 4.69) is 46.5 Å². The van der Waals surface area contributed by atoms with Crippen LogP contribution in [0.1, 0.15) is 57.0 Å². The Hall–Kier alpha value is -3.88. The molecule has 3 atom stereocenters. The molecular formula is C33H35N3O4. The summed E-state index contributed by atoms with van der Waals surface area (Å²) < 4.78 is 13.0. The molecule has 40 heavy (non-hydrogen) atoms. The summed E-state index contributed by atoms with van der Waals surface area (Å²) in [7, 11) is 2.11. The summed E-state index contributed by atoms with van der Waals surface area (Å²) in [4.78, 5) is 18.7. The highest BCUT2D eigenvalue weighted by Crippen LogP contribution is 2.38. The van der Waals surface area contributed by atoms with E-state index >= 15 is 0 Å². The van der Waals surface area contributed by atoms with Gasteiger partial charge in [-0.3, -0.25) is 14.7 Å². The summed E-state index contributed by atoms with van der Waals surface area (Å²) in [6.07, 6.45) is 3.23. The molecule has 4 aromatic rings. The van der Waals surface area contributed by atoms with Gasteiger partial charge in [0.05, 0.1) is 24.4 Å². The smallest absolute Gasteiger partial charge is 0.253 e. The molecule has 0 bridgehead atoms. The van der Waals surface area contributed by atoms with Gasteiger partial charge in [-0.25, -0.2) is 0 Å². The van der Waals surface area contributed by atoms with Crippen LogP contribution in [0.15, 0.2) is 103 Å². The first-order chi connectivity index (χ1) is 19.6. The van der Waals surface area contributed by atoms with Gasteiger partial charge in [0.2, 0.25) is 0 Å². The van der Waals surface area contributed by atoms with Gasteiger partial charge in [0, 0.05) is 44.0 Å². The Balaban J connectivity index is 1.27. The molecule has 0 unspecified atom stereocenters. The molecule has 0 saturated carbocycles. The average Bonchev–Trinajstić information content (AvgIpc) is 3.01. The normalized spacial score (nSPS) is 18.9. The number of likely N-dealkylation sites (N-methyl/N-ethyl adjacent to an activating group) is 1. The molecule has 3 aromatic carbocycles. The average molecular weight is 538 g/mol. The number of pyridine rings is 1. The molecule has 1 aliphatic rings. The van der Waals surface area contributed by atoms with Crippen LogP contribution in [0.4, 0.5) is 0 Å². The molecule has 2 N–H and O–H groups in total. The van der Waals surface area contributed by atoms with Crippen molar-refractivity contribution in [1.29, 1.82) is 0 Å². The highest BCUT2D eigenvalue weighted by molar-refractivity contribution is 5.93. The molecule has 0 radical (unpaired) electrons. The first-order valence-electron chi connectivity index (χ1n) is 13.6. The number of hydrogen-bond donors (Lipinski definition) is 2. The van der Waals surface area contributed by atoms with Crippen molar-refractivity contribution in [3.8, 4) is 0 Å². The fourth-order valence-electron chi connectivity index (χ4n) is 4.91. The summed E-state index contributed by atoms with van der Waals surface area (Å²) in [5, 5.41) is 12.4. The van der Waals surface area contributed by atoms with Crippen molar-refractivity contribution in [3.63, 3.8) is 0 Å². The Bertz CT molecular complexity index is 1350. The van der Waals surface area contributed by atoms with Crippen LogP contribution in [0.25, 0.3) is 0 Å². The van der Waals surface area contributed by atoms with Gasteiger partial charge in [0.25, 0.3) is 5.91 Å². The number of ether oxygens (including phenoxy) is 2. The highest BCUT2D eigenvalue weighted by Gasteiger charge is 2.32. The van der Waals surface area contributed by atoms with Crippen LogP contribution in [0, 0.1) is 0 Å². The van der Waals surface area contributed by atoms with Crippen LogP contribution in [0.3, 0.4) is 0 Å². The van der Waals surface area contributed by atoms with Crippen molar-refractivity contribution in [2.75, 3.05) is 13.6 Å². The van der Waals surface area contributed by atoms with Gasteiger partial charge in [-0.2, -0.15) is 0 Å². The van der Waals surface area contributed by atoms with Crippen LogP contribution in [-0.4, -0.2) is 40.6 Å². The lowest BCUT2D eigenvalue weighted by atomic mass is 9.99. The predicted molar refractivity (Wildman–Crippen MR) is 153 cm³/mol. The van der Waals surface area contributed by atoms with Crippen LogP contribution >= 0.6 is 0 Å². The van der Waals surface area contributed by atoms with E-state index in [4.69, 9.17) is 9.47 Å². The third-order valence-electron chi connectivity index (χ3n) is 7.05. The minimum atomic E-state index is -0.523. The summed E-state index contributed by atoms with van der Waals surface area (Å²) in [6, 6.07) is 29.8. The second-order valence-electron chi connectivity index (χ2n) is 10.2. The summed E-state index contributed by atoms with van der Waals surface area (Å²) >= 11 is 0. The fraction of sp³-hybridized carbons (Fsp3) is 0.273. The molecule has 5 rings (SSSR count). The number of benzene rings is 3. The minimum absolute atomic E-state index is 0.0134. The first-order valence-corrected chi connectivity index (χ1v) is 13.6. The van der Waals surface area contributed by atoms with E-state index in [9.17, 15) is 9.90 Å². The number of amides is 1. The summed E-state index contributed by atoms with van der Waals surface area (Å²) in [5.74, 6) is -0.159. The standard InChI is InChI=1S/C33H35N3O4/c1-36(21-25-6-3-2-4-7-25)22-30-18-31(27-13-11-26(23-37)12-14-27)40-33(39-30)28-15-9-24(10-16-28)19-35-32(38)29-8-5-17-34-20-29/h2-17,20,30-31,33,37H,18-19,21-23H2,1H3,(H,35,38)/t30-,31+,33+/m1/s1. The highest BCUT2D eigenvalue weighted by atomic mass is 16.7. The lowest BCUT2D eigenvalue weighted by Crippen LogP contribution is -2.37. The molecule has 1 aliphatic heterocycles. The van der Waals surface area contributed by atoms with E-state index in [0.29, 0.717) is 12.1 Å². The number of rotatable bonds is 10. The van der Waals surface area contributed by atoms with Crippen LogP contribution in [0.2, 0.25) is 0 Å². The van der Waals surface area contributed by atoms with Gasteiger partial charge in [-0.15, -0.1) is 0 Å². The molecule has 1 amide bonds. The minimum Gasteiger partial charge on any atom is -0.392 e. The van der Waals surface area contributed by atoms with Crippen LogP contribution < -0.4 is 5.32 Å². The molecule has 1 fully saturated rings. The zero-order chi connectivity index (χ0) is 27.7. The van der Waals surface area contributed by atoms with Crippen LogP contribution in [0.5, 0.6) is 0 Å². The summed E-state index contributed by atoms with van der Waals surface area (Å²) in [5.41, 5.74) is 5.64. The van der Waals surface area contributed by atoms with E-state index in [1.807, 2.05) is 54.6 Å². The topological polar surface area (TPSA) is 83.9 Å². The lowest BCUT2D eigenvalue weighted by molar-refractivity contribution is -0.252. The predicted octanol–water partition coefficient (Wildman–Crippen LogP) is 5.18. The third kappa shape index (κ3) is 7.40. The number of aliphatic hydroxyl groups is 1. The molecule has 206 valence electrons. The number of carbonyl (C=O) groups is 1. The third-order valence-corrected chi connectivity index (χ3v) is 7.05. The Morgan fingerprint density at radius 3 is 2.33 bits per heavy atom. The largest absolute Gasteiger partial charge is 0.392 e. The monoisotopic (exact) mass is 537 g/mol. The molecule has 1 aromatic heterocycles. The van der Waals surface area contributed by atoms with Crippen molar-refractivity contribution in [2.24, 2.45) is 0 Å². The Kier molecular flexibility index (Phi) is 9.31. The van der Waals surface area contributed by atoms with Gasteiger partial charge in [-0.05, 0) is 41.4 Å². The first kappa shape index (κ1) is 27.7. The van der Waals surface area contributed by atoms with Crippen molar-refractivity contribution < 1.29 is 19.4 Å². The summed E-state index contributed by atoms with van der Waals surface area (Å²) in [6.45, 7) is 2.02. The van der Waals surface area contributed by atoms with E-state index in [0.717, 1.165) is 41.8 Å². The Morgan fingerprint density at radius 2 is 1.62 bits per heavy atom. The van der Waals surface area contributed by atoms with Gasteiger partial charge < -0.3 is 19.9 Å². The number of nitrogens with zero attached hydrogens (tertiary/aromatic N) is 2. The lowest BCUT2D eigenvalue weighted by Gasteiger charge is -2.38. The molecular weight excluding hydrogens is 502 g/mol. The fourth-order valence-corrected chi connectivity index (χ4v) is 4.91. The van der Waals surface area contributed by atoms with E-state index < -0.39 is 6.29 Å². The molecule has 1 saturated heterocycles. The number of carbonyl (C=O) groups excluding carboxylic acids is 1. The zero-order valence-corrected chi connectivity index (χ0v) is 22.6. The van der Waals surface area contributed by atoms with Gasteiger partial charge in [0.15, 0.2) is 6.29 Å². The maximum absolute atomic E-state index is 12.4. The molecule has 7 heteroatoms.